The molecule has 1 aromatic rings. The summed E-state index contributed by atoms with van der Waals surface area (Å²) >= 11 is 0. The highest BCUT2D eigenvalue weighted by Crippen LogP contribution is 2.38. The van der Waals surface area contributed by atoms with E-state index in [0.717, 1.165) is 6.07 Å². The van der Waals surface area contributed by atoms with Crippen molar-refractivity contribution in [3.05, 3.63) is 29.3 Å². The predicted octanol–water partition coefficient (Wildman–Crippen LogP) is 2.88. The number of piperidine rings is 1. The van der Waals surface area contributed by atoms with E-state index in [-0.39, 0.29) is 29.6 Å². The Morgan fingerprint density at radius 2 is 2.09 bits per heavy atom. The molecule has 0 saturated carbocycles. The molecule has 2 rings (SSSR count). The zero-order chi connectivity index (χ0) is 17.2. The van der Waals surface area contributed by atoms with Gasteiger partial charge in [-0.05, 0) is 31.0 Å². The lowest BCUT2D eigenvalue weighted by atomic mass is 9.95. The van der Waals surface area contributed by atoms with Crippen molar-refractivity contribution in [3.63, 3.8) is 0 Å². The highest BCUT2D eigenvalue weighted by atomic mass is 19.4. The average molecular weight is 325 g/mol. The summed E-state index contributed by atoms with van der Waals surface area (Å²) in [5.41, 5.74) is -0.818. The molecule has 1 fully saturated rings. The summed E-state index contributed by atoms with van der Waals surface area (Å²) < 4.78 is 39.9. The van der Waals surface area contributed by atoms with Crippen molar-refractivity contribution >= 4 is 11.6 Å². The Morgan fingerprint density at radius 1 is 1.39 bits per heavy atom. The Hall–Kier alpha value is -2.23. The second-order valence-electron chi connectivity index (χ2n) is 5.86. The number of carbonyl (C=O) groups is 1. The maximum Gasteiger partial charge on any atom is 0.418 e. The summed E-state index contributed by atoms with van der Waals surface area (Å²) in [6.07, 6.45) is -3.21. The maximum absolute atomic E-state index is 13.3. The van der Waals surface area contributed by atoms with Crippen LogP contribution < -0.4 is 4.90 Å². The van der Waals surface area contributed by atoms with Crippen molar-refractivity contribution < 1.29 is 18.0 Å². The Labute approximate surface area is 133 Å². The lowest BCUT2D eigenvalue weighted by molar-refractivity contribution is -0.137. The van der Waals surface area contributed by atoms with E-state index in [0.29, 0.717) is 19.4 Å². The van der Waals surface area contributed by atoms with E-state index in [4.69, 9.17) is 5.26 Å². The van der Waals surface area contributed by atoms with Crippen LogP contribution in [-0.4, -0.2) is 38.0 Å². The van der Waals surface area contributed by atoms with Gasteiger partial charge in [-0.1, -0.05) is 0 Å². The third-order valence-corrected chi connectivity index (χ3v) is 3.98. The molecule has 4 nitrogen and oxygen atoms in total. The number of amides is 1. The summed E-state index contributed by atoms with van der Waals surface area (Å²) in [5, 5.41) is 8.82. The standard InChI is InChI=1S/C16H18F3N3O/c1-21(2)15(23)12-4-3-7-22(10-12)14-6-5-11(9-20)8-13(14)16(17,18)19/h5-6,8,12H,3-4,7,10H2,1-2H3. The van der Waals surface area contributed by atoms with Crippen LogP contribution >= 0.6 is 0 Å². The molecule has 1 aromatic carbocycles. The van der Waals surface area contributed by atoms with Crippen molar-refractivity contribution in [1.29, 1.82) is 5.26 Å². The van der Waals surface area contributed by atoms with Crippen molar-refractivity contribution in [1.82, 2.24) is 4.90 Å². The molecular formula is C16H18F3N3O. The van der Waals surface area contributed by atoms with Gasteiger partial charge in [-0.15, -0.1) is 0 Å². The number of rotatable bonds is 2. The van der Waals surface area contributed by atoms with Gasteiger partial charge in [0.2, 0.25) is 5.91 Å². The molecular weight excluding hydrogens is 307 g/mol. The van der Waals surface area contributed by atoms with Gasteiger partial charge >= 0.3 is 6.18 Å². The van der Waals surface area contributed by atoms with E-state index >= 15 is 0 Å². The van der Waals surface area contributed by atoms with Crippen LogP contribution in [0.2, 0.25) is 0 Å². The Bertz CT molecular complexity index is 634. The number of hydrogen-bond donors (Lipinski definition) is 0. The van der Waals surface area contributed by atoms with Gasteiger partial charge in [0.15, 0.2) is 0 Å². The number of carbonyl (C=O) groups excluding carboxylic acids is 1. The van der Waals surface area contributed by atoms with Crippen LogP contribution in [0, 0.1) is 17.2 Å². The lowest BCUT2D eigenvalue weighted by Gasteiger charge is -2.36. The Morgan fingerprint density at radius 3 is 2.65 bits per heavy atom. The third-order valence-electron chi connectivity index (χ3n) is 3.98. The average Bonchev–Trinajstić information content (AvgIpc) is 2.52. The van der Waals surface area contributed by atoms with E-state index in [1.165, 1.54) is 17.0 Å². The second kappa shape index (κ2) is 6.49. The first-order valence-electron chi connectivity index (χ1n) is 7.31. The van der Waals surface area contributed by atoms with Gasteiger partial charge in [-0.25, -0.2) is 0 Å². The monoisotopic (exact) mass is 325 g/mol. The Balaban J connectivity index is 2.34. The van der Waals surface area contributed by atoms with Gasteiger partial charge in [0.25, 0.3) is 0 Å². The molecule has 1 aliphatic rings. The molecule has 1 aliphatic heterocycles. The van der Waals surface area contributed by atoms with Crippen molar-refractivity contribution in [2.75, 3.05) is 32.1 Å². The van der Waals surface area contributed by atoms with Gasteiger partial charge in [-0.2, -0.15) is 18.4 Å². The highest BCUT2D eigenvalue weighted by Gasteiger charge is 2.37. The normalized spacial score (nSPS) is 18.4. The topological polar surface area (TPSA) is 47.3 Å². The fourth-order valence-corrected chi connectivity index (χ4v) is 2.87. The summed E-state index contributed by atoms with van der Waals surface area (Å²) in [7, 11) is 3.29. The van der Waals surface area contributed by atoms with Crippen LogP contribution in [0.1, 0.15) is 24.0 Å². The van der Waals surface area contributed by atoms with Crippen molar-refractivity contribution in [3.8, 4) is 6.07 Å². The zero-order valence-electron chi connectivity index (χ0n) is 13.0. The van der Waals surface area contributed by atoms with Crippen LogP contribution in [0.5, 0.6) is 0 Å². The zero-order valence-corrected chi connectivity index (χ0v) is 13.0. The van der Waals surface area contributed by atoms with Gasteiger partial charge in [0.05, 0.1) is 23.1 Å². The number of benzene rings is 1. The van der Waals surface area contributed by atoms with Crippen molar-refractivity contribution in [2.24, 2.45) is 5.92 Å². The molecule has 0 bridgehead atoms. The lowest BCUT2D eigenvalue weighted by Crippen LogP contribution is -2.43. The number of anilines is 1. The summed E-state index contributed by atoms with van der Waals surface area (Å²) in [6, 6.07) is 5.30. The van der Waals surface area contributed by atoms with Gasteiger partial charge < -0.3 is 9.80 Å². The molecule has 0 spiro atoms. The minimum Gasteiger partial charge on any atom is -0.370 e. The highest BCUT2D eigenvalue weighted by molar-refractivity contribution is 5.79. The Kier molecular flexibility index (Phi) is 4.83. The largest absolute Gasteiger partial charge is 0.418 e. The van der Waals surface area contributed by atoms with Gasteiger partial charge in [0, 0.05) is 32.9 Å². The molecule has 0 aliphatic carbocycles. The van der Waals surface area contributed by atoms with E-state index < -0.39 is 11.7 Å². The quantitative estimate of drug-likeness (QED) is 0.840. The first-order chi connectivity index (χ1) is 10.7. The molecule has 1 unspecified atom stereocenters. The molecule has 1 heterocycles. The number of nitriles is 1. The molecule has 1 atom stereocenters. The first kappa shape index (κ1) is 17.1. The maximum atomic E-state index is 13.3. The number of hydrogen-bond acceptors (Lipinski definition) is 3. The van der Waals surface area contributed by atoms with Crippen LogP contribution in [0.4, 0.5) is 18.9 Å². The van der Waals surface area contributed by atoms with Crippen LogP contribution in [-0.2, 0) is 11.0 Å². The second-order valence-corrected chi connectivity index (χ2v) is 5.86. The molecule has 23 heavy (non-hydrogen) atoms. The molecule has 0 radical (unpaired) electrons. The smallest absolute Gasteiger partial charge is 0.370 e. The summed E-state index contributed by atoms with van der Waals surface area (Å²) in [5.74, 6) is -0.382. The molecule has 7 heteroatoms. The summed E-state index contributed by atoms with van der Waals surface area (Å²) in [4.78, 5) is 15.2. The predicted molar refractivity (Wildman–Crippen MR) is 79.8 cm³/mol. The molecule has 1 amide bonds. The fraction of sp³-hybridized carbons (Fsp3) is 0.500. The van der Waals surface area contributed by atoms with Crippen LogP contribution in [0.3, 0.4) is 0 Å². The SMILES string of the molecule is CN(C)C(=O)C1CCCN(c2ccc(C#N)cc2C(F)(F)F)C1. The van der Waals surface area contributed by atoms with E-state index in [2.05, 4.69) is 0 Å². The first-order valence-corrected chi connectivity index (χ1v) is 7.31. The minimum absolute atomic E-state index is 0.0287. The van der Waals surface area contributed by atoms with E-state index in [1.54, 1.807) is 25.1 Å². The van der Waals surface area contributed by atoms with Crippen molar-refractivity contribution in [2.45, 2.75) is 19.0 Å². The number of nitrogens with zero attached hydrogens (tertiary/aromatic N) is 3. The number of alkyl halides is 3. The third kappa shape index (κ3) is 3.76. The van der Waals surface area contributed by atoms with Gasteiger partial charge in [-0.3, -0.25) is 4.79 Å². The van der Waals surface area contributed by atoms with Crippen LogP contribution in [0.25, 0.3) is 0 Å². The fourth-order valence-electron chi connectivity index (χ4n) is 2.87. The molecule has 0 N–H and O–H groups in total. The van der Waals surface area contributed by atoms with Gasteiger partial charge in [0.1, 0.15) is 0 Å². The summed E-state index contributed by atoms with van der Waals surface area (Å²) in [6.45, 7) is 0.720. The van der Waals surface area contributed by atoms with E-state index in [1.807, 2.05) is 0 Å². The molecule has 1 saturated heterocycles. The molecule has 124 valence electrons. The molecule has 0 aromatic heterocycles. The van der Waals surface area contributed by atoms with E-state index in [9.17, 15) is 18.0 Å². The minimum atomic E-state index is -4.54. The van der Waals surface area contributed by atoms with Crippen LogP contribution in [0.15, 0.2) is 18.2 Å². The number of halogens is 3.